The number of rotatable bonds is 5. The first kappa shape index (κ1) is 17.1. The number of amides is 2. The molecule has 1 aromatic rings. The van der Waals surface area contributed by atoms with E-state index in [0.717, 1.165) is 57.4 Å². The highest BCUT2D eigenvalue weighted by atomic mass is 16.5. The molecule has 3 rings (SSSR count). The SMILES string of the molecule is O=C(N[C@@H]1CCCC[C@H]1Oc1ccccc1)N1CC[C@@H](CCO)C1. The molecule has 1 saturated heterocycles. The van der Waals surface area contributed by atoms with Crippen LogP contribution in [0.15, 0.2) is 30.3 Å². The number of benzene rings is 1. The summed E-state index contributed by atoms with van der Waals surface area (Å²) >= 11 is 0. The Morgan fingerprint density at radius 1 is 1.21 bits per heavy atom. The van der Waals surface area contributed by atoms with Crippen molar-refractivity contribution in [2.24, 2.45) is 5.92 Å². The first-order valence-corrected chi connectivity index (χ1v) is 9.14. The topological polar surface area (TPSA) is 61.8 Å². The van der Waals surface area contributed by atoms with E-state index >= 15 is 0 Å². The Kier molecular flexibility index (Phi) is 5.96. The van der Waals surface area contributed by atoms with E-state index in [9.17, 15) is 4.79 Å². The Morgan fingerprint density at radius 3 is 2.79 bits per heavy atom. The minimum Gasteiger partial charge on any atom is -0.488 e. The van der Waals surface area contributed by atoms with Gasteiger partial charge in [-0.15, -0.1) is 0 Å². The van der Waals surface area contributed by atoms with Gasteiger partial charge in [0.05, 0.1) is 6.04 Å². The zero-order valence-corrected chi connectivity index (χ0v) is 14.2. The molecule has 1 aromatic carbocycles. The van der Waals surface area contributed by atoms with Gasteiger partial charge in [0.1, 0.15) is 11.9 Å². The fourth-order valence-electron chi connectivity index (χ4n) is 3.76. The number of carbonyl (C=O) groups excluding carboxylic acids is 1. The molecule has 1 aliphatic heterocycles. The molecule has 0 bridgehead atoms. The van der Waals surface area contributed by atoms with Gasteiger partial charge in [-0.1, -0.05) is 24.6 Å². The van der Waals surface area contributed by atoms with Crippen LogP contribution in [0.1, 0.15) is 38.5 Å². The largest absolute Gasteiger partial charge is 0.488 e. The molecular formula is C19H28N2O3. The van der Waals surface area contributed by atoms with Crippen molar-refractivity contribution >= 4 is 6.03 Å². The second kappa shape index (κ2) is 8.38. The molecule has 2 N–H and O–H groups in total. The van der Waals surface area contributed by atoms with Crippen LogP contribution in [0.25, 0.3) is 0 Å². The summed E-state index contributed by atoms with van der Waals surface area (Å²) in [7, 11) is 0. The summed E-state index contributed by atoms with van der Waals surface area (Å²) in [6, 6.07) is 9.94. The van der Waals surface area contributed by atoms with Gasteiger partial charge in [-0.25, -0.2) is 4.79 Å². The molecule has 0 aromatic heterocycles. The molecule has 2 amide bonds. The molecule has 0 unspecified atom stereocenters. The van der Waals surface area contributed by atoms with Crippen LogP contribution in [0.4, 0.5) is 4.79 Å². The van der Waals surface area contributed by atoms with Gasteiger partial charge >= 0.3 is 6.03 Å². The monoisotopic (exact) mass is 332 g/mol. The maximum atomic E-state index is 12.6. The number of nitrogens with one attached hydrogen (secondary N) is 1. The molecular weight excluding hydrogens is 304 g/mol. The maximum absolute atomic E-state index is 12.6. The highest BCUT2D eigenvalue weighted by molar-refractivity contribution is 5.75. The first-order chi connectivity index (χ1) is 11.8. The Morgan fingerprint density at radius 2 is 2.00 bits per heavy atom. The third-order valence-corrected chi connectivity index (χ3v) is 5.15. The van der Waals surface area contributed by atoms with Crippen molar-refractivity contribution in [3.8, 4) is 5.75 Å². The van der Waals surface area contributed by atoms with Gasteiger partial charge in [0.2, 0.25) is 0 Å². The number of hydrogen-bond acceptors (Lipinski definition) is 3. The standard InChI is InChI=1S/C19H28N2O3/c22-13-11-15-10-12-21(14-15)19(23)20-17-8-4-5-9-18(17)24-16-6-2-1-3-7-16/h1-3,6-7,15,17-18,22H,4-5,8-14H2,(H,20,23)/t15-,17+,18+/m0/s1. The van der Waals surface area contributed by atoms with Crippen LogP contribution in [-0.4, -0.2) is 47.9 Å². The van der Waals surface area contributed by atoms with Crippen LogP contribution < -0.4 is 10.1 Å². The molecule has 132 valence electrons. The zero-order chi connectivity index (χ0) is 16.8. The zero-order valence-electron chi connectivity index (χ0n) is 14.2. The van der Waals surface area contributed by atoms with Gasteiger partial charge in [0, 0.05) is 19.7 Å². The lowest BCUT2D eigenvalue weighted by Gasteiger charge is -2.33. The van der Waals surface area contributed by atoms with Gasteiger partial charge in [0.15, 0.2) is 0 Å². The lowest BCUT2D eigenvalue weighted by Crippen LogP contribution is -2.51. The number of aliphatic hydroxyl groups is 1. The molecule has 5 nitrogen and oxygen atoms in total. The van der Waals surface area contributed by atoms with Gasteiger partial charge in [-0.2, -0.15) is 0 Å². The van der Waals surface area contributed by atoms with Crippen molar-refractivity contribution < 1.29 is 14.6 Å². The fourth-order valence-corrected chi connectivity index (χ4v) is 3.76. The van der Waals surface area contributed by atoms with Crippen molar-refractivity contribution in [3.05, 3.63) is 30.3 Å². The first-order valence-electron chi connectivity index (χ1n) is 9.14. The predicted octanol–water partition coefficient (Wildman–Crippen LogP) is 2.79. The minimum atomic E-state index is 0.0176. The normalized spacial score (nSPS) is 27.0. The number of carbonyl (C=O) groups is 1. The second-order valence-corrected chi connectivity index (χ2v) is 6.92. The summed E-state index contributed by atoms with van der Waals surface area (Å²) in [5.41, 5.74) is 0. The summed E-state index contributed by atoms with van der Waals surface area (Å²) in [5.74, 6) is 1.30. The predicted molar refractivity (Wildman–Crippen MR) is 93.0 cm³/mol. The molecule has 0 radical (unpaired) electrons. The number of ether oxygens (including phenoxy) is 1. The highest BCUT2D eigenvalue weighted by Crippen LogP contribution is 2.25. The lowest BCUT2D eigenvalue weighted by atomic mass is 9.92. The second-order valence-electron chi connectivity index (χ2n) is 6.92. The summed E-state index contributed by atoms with van der Waals surface area (Å²) in [5, 5.41) is 12.2. The third-order valence-electron chi connectivity index (χ3n) is 5.15. The highest BCUT2D eigenvalue weighted by Gasteiger charge is 2.32. The number of aliphatic hydroxyl groups excluding tert-OH is 1. The maximum Gasteiger partial charge on any atom is 0.317 e. The molecule has 1 saturated carbocycles. The van der Waals surface area contributed by atoms with Crippen LogP contribution >= 0.6 is 0 Å². The summed E-state index contributed by atoms with van der Waals surface area (Å²) in [6.07, 6.45) is 6.04. The Hall–Kier alpha value is -1.75. The van der Waals surface area contributed by atoms with Crippen LogP contribution in [-0.2, 0) is 0 Å². The van der Waals surface area contributed by atoms with Crippen LogP contribution in [0.5, 0.6) is 5.75 Å². The van der Waals surface area contributed by atoms with E-state index in [-0.39, 0.29) is 24.8 Å². The van der Waals surface area contributed by atoms with E-state index in [2.05, 4.69) is 5.32 Å². The molecule has 5 heteroatoms. The van der Waals surface area contributed by atoms with E-state index < -0.39 is 0 Å². The smallest absolute Gasteiger partial charge is 0.317 e. The summed E-state index contributed by atoms with van der Waals surface area (Å²) < 4.78 is 6.12. The third kappa shape index (κ3) is 4.41. The van der Waals surface area contributed by atoms with Crippen molar-refractivity contribution in [2.75, 3.05) is 19.7 Å². The van der Waals surface area contributed by atoms with Gasteiger partial charge < -0.3 is 20.1 Å². The summed E-state index contributed by atoms with van der Waals surface area (Å²) in [4.78, 5) is 14.4. The Balaban J connectivity index is 1.55. The number of para-hydroxylation sites is 1. The molecule has 2 aliphatic rings. The lowest BCUT2D eigenvalue weighted by molar-refractivity contribution is 0.111. The van der Waals surface area contributed by atoms with Crippen molar-refractivity contribution in [3.63, 3.8) is 0 Å². The van der Waals surface area contributed by atoms with Crippen LogP contribution in [0.2, 0.25) is 0 Å². The van der Waals surface area contributed by atoms with E-state index in [4.69, 9.17) is 9.84 Å². The number of nitrogens with zero attached hydrogens (tertiary/aromatic N) is 1. The van der Waals surface area contributed by atoms with E-state index in [1.54, 1.807) is 0 Å². The van der Waals surface area contributed by atoms with Gasteiger partial charge in [-0.3, -0.25) is 0 Å². The van der Waals surface area contributed by atoms with Gasteiger partial charge in [0.25, 0.3) is 0 Å². The van der Waals surface area contributed by atoms with Gasteiger partial charge in [-0.05, 0) is 50.2 Å². The Labute approximate surface area is 144 Å². The van der Waals surface area contributed by atoms with Crippen LogP contribution in [0, 0.1) is 5.92 Å². The van der Waals surface area contributed by atoms with Crippen molar-refractivity contribution in [2.45, 2.75) is 50.7 Å². The summed E-state index contributed by atoms with van der Waals surface area (Å²) in [6.45, 7) is 1.74. The van der Waals surface area contributed by atoms with Crippen molar-refractivity contribution in [1.29, 1.82) is 0 Å². The Bertz CT molecular complexity index is 523. The van der Waals surface area contributed by atoms with Crippen molar-refractivity contribution in [1.82, 2.24) is 10.2 Å². The molecule has 24 heavy (non-hydrogen) atoms. The van der Waals surface area contributed by atoms with E-state index in [1.165, 1.54) is 0 Å². The van der Waals surface area contributed by atoms with E-state index in [1.807, 2.05) is 35.2 Å². The number of likely N-dealkylation sites (tertiary alicyclic amines) is 1. The molecule has 2 fully saturated rings. The van der Waals surface area contributed by atoms with E-state index in [0.29, 0.717) is 5.92 Å². The molecule has 0 spiro atoms. The number of hydrogen-bond donors (Lipinski definition) is 2. The van der Waals surface area contributed by atoms with Crippen LogP contribution in [0.3, 0.4) is 0 Å². The molecule has 1 heterocycles. The number of urea groups is 1. The fraction of sp³-hybridized carbons (Fsp3) is 0.632. The quantitative estimate of drug-likeness (QED) is 0.871. The average Bonchev–Trinajstić information content (AvgIpc) is 3.07. The average molecular weight is 332 g/mol. The molecule has 1 aliphatic carbocycles. The minimum absolute atomic E-state index is 0.0176. The molecule has 3 atom stereocenters.